The molecule has 3 nitrogen and oxygen atoms in total. The molecule has 2 aromatic rings. The summed E-state index contributed by atoms with van der Waals surface area (Å²) in [7, 11) is 0. The predicted octanol–water partition coefficient (Wildman–Crippen LogP) is 2.96. The summed E-state index contributed by atoms with van der Waals surface area (Å²) >= 11 is 11.9. The topological polar surface area (TPSA) is 51.8 Å². The molecule has 2 rings (SSSR count). The van der Waals surface area contributed by atoms with Crippen LogP contribution in [0.5, 0.6) is 0 Å². The SMILES string of the molecule is Nc1nnc(Cc2ccccc2Cl)cc1Cl. The highest BCUT2D eigenvalue weighted by atomic mass is 35.5. The van der Waals surface area contributed by atoms with Gasteiger partial charge in [0.05, 0.1) is 10.7 Å². The highest BCUT2D eigenvalue weighted by molar-refractivity contribution is 6.32. The highest BCUT2D eigenvalue weighted by Crippen LogP contribution is 2.20. The molecular weight excluding hydrogens is 245 g/mol. The molecule has 0 saturated carbocycles. The molecule has 1 aromatic carbocycles. The van der Waals surface area contributed by atoms with Crippen molar-refractivity contribution in [1.29, 1.82) is 0 Å². The van der Waals surface area contributed by atoms with Crippen LogP contribution in [0.25, 0.3) is 0 Å². The van der Waals surface area contributed by atoms with Crippen LogP contribution in [-0.2, 0) is 6.42 Å². The van der Waals surface area contributed by atoms with E-state index in [2.05, 4.69) is 10.2 Å². The molecular formula is C11H9Cl2N3. The van der Waals surface area contributed by atoms with Crippen LogP contribution < -0.4 is 5.73 Å². The summed E-state index contributed by atoms with van der Waals surface area (Å²) in [4.78, 5) is 0. The minimum Gasteiger partial charge on any atom is -0.381 e. The summed E-state index contributed by atoms with van der Waals surface area (Å²) in [6, 6.07) is 9.28. The molecule has 0 aliphatic heterocycles. The molecule has 1 aromatic heterocycles. The van der Waals surface area contributed by atoms with Crippen molar-refractivity contribution in [2.24, 2.45) is 0 Å². The first kappa shape index (κ1) is 11.2. The molecule has 0 fully saturated rings. The van der Waals surface area contributed by atoms with Crippen molar-refractivity contribution in [3.63, 3.8) is 0 Å². The van der Waals surface area contributed by atoms with Crippen LogP contribution in [-0.4, -0.2) is 10.2 Å². The van der Waals surface area contributed by atoms with Crippen molar-refractivity contribution < 1.29 is 0 Å². The quantitative estimate of drug-likeness (QED) is 0.896. The molecule has 2 N–H and O–H groups in total. The van der Waals surface area contributed by atoms with E-state index < -0.39 is 0 Å². The fraction of sp³-hybridized carbons (Fsp3) is 0.0909. The average molecular weight is 254 g/mol. The van der Waals surface area contributed by atoms with Gasteiger partial charge < -0.3 is 5.73 Å². The molecule has 0 bridgehead atoms. The van der Waals surface area contributed by atoms with Gasteiger partial charge in [-0.05, 0) is 17.7 Å². The molecule has 0 aliphatic carbocycles. The van der Waals surface area contributed by atoms with E-state index in [1.54, 1.807) is 6.07 Å². The largest absolute Gasteiger partial charge is 0.381 e. The third-order valence-corrected chi connectivity index (χ3v) is 2.83. The number of hydrogen-bond donors (Lipinski definition) is 1. The molecule has 0 atom stereocenters. The van der Waals surface area contributed by atoms with E-state index in [0.29, 0.717) is 16.5 Å². The van der Waals surface area contributed by atoms with Gasteiger partial charge in [0, 0.05) is 11.4 Å². The maximum Gasteiger partial charge on any atom is 0.164 e. The van der Waals surface area contributed by atoms with Gasteiger partial charge in [-0.1, -0.05) is 41.4 Å². The molecule has 5 heteroatoms. The summed E-state index contributed by atoms with van der Waals surface area (Å²) in [5.74, 6) is 0.240. The maximum atomic E-state index is 6.04. The minimum atomic E-state index is 0.240. The lowest BCUT2D eigenvalue weighted by Gasteiger charge is -2.04. The number of nitrogen functional groups attached to an aromatic ring is 1. The zero-order valence-corrected chi connectivity index (χ0v) is 9.83. The van der Waals surface area contributed by atoms with Gasteiger partial charge in [-0.3, -0.25) is 0 Å². The third-order valence-electron chi connectivity index (χ3n) is 2.15. The Morgan fingerprint density at radius 3 is 2.50 bits per heavy atom. The Bertz CT molecular complexity index is 514. The van der Waals surface area contributed by atoms with Gasteiger partial charge in [-0.2, -0.15) is 5.10 Å². The normalized spacial score (nSPS) is 10.4. The van der Waals surface area contributed by atoms with Gasteiger partial charge in [-0.15, -0.1) is 5.10 Å². The Labute approximate surface area is 103 Å². The van der Waals surface area contributed by atoms with Gasteiger partial charge in [0.1, 0.15) is 0 Å². The van der Waals surface area contributed by atoms with E-state index >= 15 is 0 Å². The Balaban J connectivity index is 2.28. The lowest BCUT2D eigenvalue weighted by molar-refractivity contribution is 0.945. The van der Waals surface area contributed by atoms with Gasteiger partial charge in [0.25, 0.3) is 0 Å². The molecule has 1 heterocycles. The van der Waals surface area contributed by atoms with E-state index in [9.17, 15) is 0 Å². The van der Waals surface area contributed by atoms with E-state index in [-0.39, 0.29) is 5.82 Å². The highest BCUT2D eigenvalue weighted by Gasteiger charge is 2.05. The zero-order valence-electron chi connectivity index (χ0n) is 8.32. The number of hydrogen-bond acceptors (Lipinski definition) is 3. The van der Waals surface area contributed by atoms with Crippen LogP contribution in [0.15, 0.2) is 30.3 Å². The second-order valence-electron chi connectivity index (χ2n) is 3.34. The van der Waals surface area contributed by atoms with E-state index in [1.165, 1.54) is 0 Å². The number of anilines is 1. The monoisotopic (exact) mass is 253 g/mol. The molecule has 16 heavy (non-hydrogen) atoms. The fourth-order valence-electron chi connectivity index (χ4n) is 1.34. The van der Waals surface area contributed by atoms with Crippen LogP contribution in [0.3, 0.4) is 0 Å². The number of nitrogens with two attached hydrogens (primary N) is 1. The van der Waals surface area contributed by atoms with Gasteiger partial charge in [0.2, 0.25) is 0 Å². The molecule has 0 spiro atoms. The van der Waals surface area contributed by atoms with Crippen LogP contribution in [0.1, 0.15) is 11.3 Å². The van der Waals surface area contributed by atoms with Crippen LogP contribution >= 0.6 is 23.2 Å². The van der Waals surface area contributed by atoms with E-state index in [0.717, 1.165) is 11.3 Å². The number of aromatic nitrogens is 2. The number of benzene rings is 1. The molecule has 82 valence electrons. The van der Waals surface area contributed by atoms with Crippen LogP contribution in [0.4, 0.5) is 5.82 Å². The van der Waals surface area contributed by atoms with Crippen LogP contribution in [0, 0.1) is 0 Å². The standard InChI is InChI=1S/C11H9Cl2N3/c12-9-4-2-1-3-7(9)5-8-6-10(13)11(14)16-15-8/h1-4,6H,5H2,(H2,14,16). The van der Waals surface area contributed by atoms with E-state index in [4.69, 9.17) is 28.9 Å². The van der Waals surface area contributed by atoms with Crippen molar-refractivity contribution in [3.8, 4) is 0 Å². The van der Waals surface area contributed by atoms with Crippen molar-refractivity contribution >= 4 is 29.0 Å². The smallest absolute Gasteiger partial charge is 0.164 e. The number of halogens is 2. The summed E-state index contributed by atoms with van der Waals surface area (Å²) in [6.07, 6.45) is 0.590. The molecule has 0 saturated heterocycles. The minimum absolute atomic E-state index is 0.240. The zero-order chi connectivity index (χ0) is 11.5. The van der Waals surface area contributed by atoms with Crippen molar-refractivity contribution in [2.45, 2.75) is 6.42 Å². The fourth-order valence-corrected chi connectivity index (χ4v) is 1.70. The lowest BCUT2D eigenvalue weighted by Crippen LogP contribution is -1.99. The summed E-state index contributed by atoms with van der Waals surface area (Å²) in [5.41, 5.74) is 7.21. The number of nitrogens with zero attached hydrogens (tertiary/aromatic N) is 2. The Hall–Kier alpha value is -1.32. The summed E-state index contributed by atoms with van der Waals surface area (Å²) in [5, 5.41) is 8.83. The van der Waals surface area contributed by atoms with Gasteiger partial charge in [0.15, 0.2) is 5.82 Å². The first-order valence-electron chi connectivity index (χ1n) is 4.68. The van der Waals surface area contributed by atoms with Crippen molar-refractivity contribution in [2.75, 3.05) is 5.73 Å². The second-order valence-corrected chi connectivity index (χ2v) is 4.15. The first-order chi connectivity index (χ1) is 7.66. The third kappa shape index (κ3) is 2.43. The molecule has 0 amide bonds. The summed E-state index contributed by atoms with van der Waals surface area (Å²) in [6.45, 7) is 0. The van der Waals surface area contributed by atoms with Crippen molar-refractivity contribution in [3.05, 3.63) is 51.6 Å². The molecule has 0 aliphatic rings. The summed E-state index contributed by atoms with van der Waals surface area (Å²) < 4.78 is 0. The Kier molecular flexibility index (Phi) is 3.27. The van der Waals surface area contributed by atoms with E-state index in [1.807, 2.05) is 24.3 Å². The Morgan fingerprint density at radius 1 is 1.06 bits per heavy atom. The first-order valence-corrected chi connectivity index (χ1v) is 5.43. The average Bonchev–Trinajstić information content (AvgIpc) is 2.27. The van der Waals surface area contributed by atoms with Gasteiger partial charge >= 0.3 is 0 Å². The van der Waals surface area contributed by atoms with Crippen LogP contribution in [0.2, 0.25) is 10.0 Å². The Morgan fingerprint density at radius 2 is 1.81 bits per heavy atom. The van der Waals surface area contributed by atoms with Gasteiger partial charge in [-0.25, -0.2) is 0 Å². The maximum absolute atomic E-state index is 6.04. The molecule has 0 radical (unpaired) electrons. The lowest BCUT2D eigenvalue weighted by atomic mass is 10.1. The van der Waals surface area contributed by atoms with Crippen molar-refractivity contribution in [1.82, 2.24) is 10.2 Å². The number of rotatable bonds is 2. The molecule has 0 unspecified atom stereocenters. The predicted molar refractivity (Wildman–Crippen MR) is 65.7 cm³/mol. The second kappa shape index (κ2) is 4.68.